The number of hydrogen-bond donors (Lipinski definition) is 2. The van der Waals surface area contributed by atoms with Gasteiger partial charge in [0.1, 0.15) is 0 Å². The van der Waals surface area contributed by atoms with Crippen LogP contribution in [0.1, 0.15) is 9.75 Å². The minimum atomic E-state index is 0.197. The molecule has 0 fully saturated rings. The molecule has 1 aromatic rings. The summed E-state index contributed by atoms with van der Waals surface area (Å²) < 4.78 is 0. The van der Waals surface area contributed by atoms with Crippen LogP contribution in [0.15, 0.2) is 24.8 Å². The molecule has 2 N–H and O–H groups in total. The zero-order valence-electron chi connectivity index (χ0n) is 9.78. The highest BCUT2D eigenvalue weighted by Gasteiger charge is 2.05. The van der Waals surface area contributed by atoms with Gasteiger partial charge in [0.05, 0.1) is 6.61 Å². The molecule has 0 aliphatic rings. The van der Waals surface area contributed by atoms with Crippen molar-refractivity contribution in [2.75, 3.05) is 26.7 Å². The maximum Gasteiger partial charge on any atom is 0.0558 e. The van der Waals surface area contributed by atoms with Crippen LogP contribution < -0.4 is 5.32 Å². The molecule has 0 aliphatic carbocycles. The molecule has 3 nitrogen and oxygen atoms in total. The smallest absolute Gasteiger partial charge is 0.0558 e. The van der Waals surface area contributed by atoms with E-state index in [1.807, 2.05) is 24.5 Å². The fourth-order valence-corrected chi connectivity index (χ4v) is 2.63. The van der Waals surface area contributed by atoms with Crippen molar-refractivity contribution in [3.63, 3.8) is 0 Å². The van der Waals surface area contributed by atoms with Gasteiger partial charge in [-0.3, -0.25) is 4.90 Å². The fourth-order valence-electron chi connectivity index (χ4n) is 1.56. The van der Waals surface area contributed by atoms with E-state index in [1.54, 1.807) is 0 Å². The average Bonchev–Trinajstić information content (AvgIpc) is 2.67. The van der Waals surface area contributed by atoms with E-state index in [2.05, 4.69) is 28.9 Å². The number of rotatable bonds is 8. The SMILES string of the molecule is C=CCN(CCO)Cc1ccc(CNC)s1. The summed E-state index contributed by atoms with van der Waals surface area (Å²) in [5, 5.41) is 12.1. The van der Waals surface area contributed by atoms with Crippen molar-refractivity contribution in [2.24, 2.45) is 0 Å². The molecular weight excluding hydrogens is 220 g/mol. The lowest BCUT2D eigenvalue weighted by Crippen LogP contribution is -2.26. The molecule has 0 aromatic carbocycles. The molecule has 0 aliphatic heterocycles. The molecule has 1 rings (SSSR count). The van der Waals surface area contributed by atoms with Crippen LogP contribution in [0.4, 0.5) is 0 Å². The van der Waals surface area contributed by atoms with Gasteiger partial charge in [-0.05, 0) is 19.2 Å². The molecular formula is C12H20N2OS. The Morgan fingerprint density at radius 1 is 1.50 bits per heavy atom. The molecule has 0 bridgehead atoms. The second-order valence-corrected chi connectivity index (χ2v) is 4.90. The first-order chi connectivity index (χ1) is 7.80. The Bertz CT molecular complexity index is 312. The molecule has 0 atom stereocenters. The molecule has 0 radical (unpaired) electrons. The van der Waals surface area contributed by atoms with E-state index < -0.39 is 0 Å². The molecule has 1 aromatic heterocycles. The number of nitrogens with one attached hydrogen (secondary N) is 1. The highest BCUT2D eigenvalue weighted by atomic mass is 32.1. The Balaban J connectivity index is 2.51. The zero-order chi connectivity index (χ0) is 11.8. The van der Waals surface area contributed by atoms with Crippen LogP contribution in [0.2, 0.25) is 0 Å². The lowest BCUT2D eigenvalue weighted by Gasteiger charge is -2.18. The van der Waals surface area contributed by atoms with E-state index in [-0.39, 0.29) is 6.61 Å². The third kappa shape index (κ3) is 4.45. The second-order valence-electron chi connectivity index (χ2n) is 3.65. The number of aliphatic hydroxyl groups is 1. The molecule has 1 heterocycles. The first-order valence-corrected chi connectivity index (χ1v) is 6.28. The van der Waals surface area contributed by atoms with Crippen LogP contribution in [-0.2, 0) is 13.1 Å². The van der Waals surface area contributed by atoms with Gasteiger partial charge in [-0.2, -0.15) is 0 Å². The van der Waals surface area contributed by atoms with E-state index in [4.69, 9.17) is 5.11 Å². The first kappa shape index (κ1) is 13.4. The van der Waals surface area contributed by atoms with Gasteiger partial charge in [-0.15, -0.1) is 17.9 Å². The van der Waals surface area contributed by atoms with Crippen molar-refractivity contribution in [2.45, 2.75) is 13.1 Å². The van der Waals surface area contributed by atoms with E-state index in [9.17, 15) is 0 Å². The highest BCUT2D eigenvalue weighted by molar-refractivity contribution is 7.11. The van der Waals surface area contributed by atoms with Crippen LogP contribution in [0, 0.1) is 0 Å². The Labute approximate surface area is 101 Å². The molecule has 0 saturated carbocycles. The molecule has 0 spiro atoms. The van der Waals surface area contributed by atoms with Crippen LogP contribution in [0.25, 0.3) is 0 Å². The van der Waals surface area contributed by atoms with Crippen LogP contribution >= 0.6 is 11.3 Å². The van der Waals surface area contributed by atoms with E-state index in [0.29, 0.717) is 6.54 Å². The largest absolute Gasteiger partial charge is 0.395 e. The fraction of sp³-hybridized carbons (Fsp3) is 0.500. The van der Waals surface area contributed by atoms with Gasteiger partial charge >= 0.3 is 0 Å². The quantitative estimate of drug-likeness (QED) is 0.675. The summed E-state index contributed by atoms with van der Waals surface area (Å²) in [5.41, 5.74) is 0. The van der Waals surface area contributed by atoms with Gasteiger partial charge in [0.15, 0.2) is 0 Å². The number of nitrogens with zero attached hydrogens (tertiary/aromatic N) is 1. The lowest BCUT2D eigenvalue weighted by atomic mass is 10.3. The van der Waals surface area contributed by atoms with Gasteiger partial charge in [-0.1, -0.05) is 6.08 Å². The topological polar surface area (TPSA) is 35.5 Å². The highest BCUT2D eigenvalue weighted by Crippen LogP contribution is 2.18. The molecule has 0 amide bonds. The van der Waals surface area contributed by atoms with Crippen LogP contribution in [-0.4, -0.2) is 36.8 Å². The third-order valence-corrected chi connectivity index (χ3v) is 3.32. The van der Waals surface area contributed by atoms with Crippen molar-refractivity contribution < 1.29 is 5.11 Å². The Hall–Kier alpha value is -0.680. The predicted octanol–water partition coefficient (Wildman–Crippen LogP) is 1.45. The predicted molar refractivity (Wildman–Crippen MR) is 69.6 cm³/mol. The minimum Gasteiger partial charge on any atom is -0.395 e. The van der Waals surface area contributed by atoms with Crippen LogP contribution in [0.3, 0.4) is 0 Å². The summed E-state index contributed by atoms with van der Waals surface area (Å²) in [6, 6.07) is 4.31. The van der Waals surface area contributed by atoms with Gasteiger partial charge < -0.3 is 10.4 Å². The van der Waals surface area contributed by atoms with Crippen molar-refractivity contribution in [3.05, 3.63) is 34.5 Å². The summed E-state index contributed by atoms with van der Waals surface area (Å²) in [5.74, 6) is 0. The van der Waals surface area contributed by atoms with Crippen molar-refractivity contribution >= 4 is 11.3 Å². The molecule has 16 heavy (non-hydrogen) atoms. The number of aliphatic hydroxyl groups excluding tert-OH is 1. The van der Waals surface area contributed by atoms with E-state index in [0.717, 1.165) is 19.6 Å². The molecule has 90 valence electrons. The Kier molecular flexibility index (Phi) is 6.33. The van der Waals surface area contributed by atoms with Gasteiger partial charge in [0, 0.05) is 35.9 Å². The first-order valence-electron chi connectivity index (χ1n) is 5.46. The lowest BCUT2D eigenvalue weighted by molar-refractivity contribution is 0.204. The van der Waals surface area contributed by atoms with Crippen LogP contribution in [0.5, 0.6) is 0 Å². The molecule has 4 heteroatoms. The van der Waals surface area contributed by atoms with Crippen molar-refractivity contribution in [3.8, 4) is 0 Å². The zero-order valence-corrected chi connectivity index (χ0v) is 10.6. The monoisotopic (exact) mass is 240 g/mol. The number of hydrogen-bond acceptors (Lipinski definition) is 4. The van der Waals surface area contributed by atoms with Crippen molar-refractivity contribution in [1.29, 1.82) is 0 Å². The van der Waals surface area contributed by atoms with E-state index >= 15 is 0 Å². The van der Waals surface area contributed by atoms with Gasteiger partial charge in [0.2, 0.25) is 0 Å². The maximum atomic E-state index is 8.95. The summed E-state index contributed by atoms with van der Waals surface area (Å²) in [7, 11) is 1.95. The molecule has 0 unspecified atom stereocenters. The summed E-state index contributed by atoms with van der Waals surface area (Å²) >= 11 is 1.82. The van der Waals surface area contributed by atoms with Gasteiger partial charge in [-0.25, -0.2) is 0 Å². The maximum absolute atomic E-state index is 8.95. The second kappa shape index (κ2) is 7.57. The van der Waals surface area contributed by atoms with Crippen molar-refractivity contribution in [1.82, 2.24) is 10.2 Å². The Morgan fingerprint density at radius 2 is 2.25 bits per heavy atom. The average molecular weight is 240 g/mol. The standard InChI is InChI=1S/C12H20N2OS/c1-3-6-14(7-8-15)10-12-5-4-11(16-12)9-13-2/h3-5,13,15H,1,6-10H2,2H3. The molecule has 0 saturated heterocycles. The Morgan fingerprint density at radius 3 is 2.88 bits per heavy atom. The summed E-state index contributed by atoms with van der Waals surface area (Å²) in [6.45, 7) is 7.26. The summed E-state index contributed by atoms with van der Waals surface area (Å²) in [4.78, 5) is 4.86. The van der Waals surface area contributed by atoms with Gasteiger partial charge in [0.25, 0.3) is 0 Å². The third-order valence-electron chi connectivity index (χ3n) is 2.25. The minimum absolute atomic E-state index is 0.197. The van der Waals surface area contributed by atoms with E-state index in [1.165, 1.54) is 9.75 Å². The summed E-state index contributed by atoms with van der Waals surface area (Å²) in [6.07, 6.45) is 1.87. The normalized spacial score (nSPS) is 10.9. The number of thiophene rings is 1.